The smallest absolute Gasteiger partial charge is 0.383 e. The number of nitrogens with zero attached hydrogens (tertiary/aromatic N) is 2. The molecule has 4 nitrogen and oxygen atoms in total. The molecule has 13 heavy (non-hydrogen) atoms. The second kappa shape index (κ2) is 3.17. The van der Waals surface area contributed by atoms with Crippen molar-refractivity contribution in [2.24, 2.45) is 5.73 Å². The van der Waals surface area contributed by atoms with E-state index in [0.717, 1.165) is 6.20 Å². The molecule has 0 bridgehead atoms. The summed E-state index contributed by atoms with van der Waals surface area (Å²) in [6.07, 6.45) is -3.59. The van der Waals surface area contributed by atoms with E-state index in [9.17, 15) is 13.2 Å². The van der Waals surface area contributed by atoms with Gasteiger partial charge in [-0.05, 0) is 0 Å². The van der Waals surface area contributed by atoms with Gasteiger partial charge in [0, 0.05) is 18.3 Å². The van der Waals surface area contributed by atoms with E-state index in [-0.39, 0.29) is 12.4 Å². The first-order valence-electron chi connectivity index (χ1n) is 3.34. The van der Waals surface area contributed by atoms with Crippen LogP contribution >= 0.6 is 0 Å². The van der Waals surface area contributed by atoms with Crippen LogP contribution in [0.4, 0.5) is 19.0 Å². The zero-order valence-corrected chi connectivity index (χ0v) is 6.47. The van der Waals surface area contributed by atoms with Gasteiger partial charge in [-0.25, -0.2) is 9.97 Å². The summed E-state index contributed by atoms with van der Waals surface area (Å²) in [5, 5.41) is 0. The zero-order chi connectivity index (χ0) is 10.1. The normalized spacial score (nSPS) is 11.7. The monoisotopic (exact) mass is 192 g/mol. The minimum atomic E-state index is -4.57. The number of halogens is 3. The van der Waals surface area contributed by atoms with Crippen molar-refractivity contribution in [3.05, 3.63) is 17.6 Å². The van der Waals surface area contributed by atoms with Gasteiger partial charge in [-0.1, -0.05) is 0 Å². The lowest BCUT2D eigenvalue weighted by Gasteiger charge is -2.06. The van der Waals surface area contributed by atoms with Gasteiger partial charge in [0.05, 0.1) is 0 Å². The molecule has 0 aromatic carbocycles. The first kappa shape index (κ1) is 9.72. The fourth-order valence-electron chi connectivity index (χ4n) is 0.714. The number of alkyl halides is 3. The summed E-state index contributed by atoms with van der Waals surface area (Å²) in [7, 11) is 0. The largest absolute Gasteiger partial charge is 0.451 e. The summed E-state index contributed by atoms with van der Waals surface area (Å²) in [6, 6.07) is 0. The first-order chi connectivity index (χ1) is 5.95. The number of nitrogen functional groups attached to an aromatic ring is 1. The molecular weight excluding hydrogens is 185 g/mol. The molecule has 0 atom stereocenters. The van der Waals surface area contributed by atoms with Gasteiger partial charge in [-0.2, -0.15) is 13.2 Å². The predicted octanol–water partition coefficient (Wildman–Crippen LogP) is 0.536. The second-order valence-electron chi connectivity index (χ2n) is 2.31. The van der Waals surface area contributed by atoms with Crippen molar-refractivity contribution in [2.45, 2.75) is 12.7 Å². The van der Waals surface area contributed by atoms with Crippen molar-refractivity contribution < 1.29 is 13.2 Å². The van der Waals surface area contributed by atoms with E-state index in [4.69, 9.17) is 11.5 Å². The highest BCUT2D eigenvalue weighted by Gasteiger charge is 2.34. The van der Waals surface area contributed by atoms with Crippen molar-refractivity contribution in [1.82, 2.24) is 9.97 Å². The third-order valence-corrected chi connectivity index (χ3v) is 1.37. The van der Waals surface area contributed by atoms with E-state index in [2.05, 4.69) is 9.97 Å². The maximum atomic E-state index is 12.0. The number of aromatic nitrogens is 2. The van der Waals surface area contributed by atoms with Crippen LogP contribution in [0.15, 0.2) is 6.20 Å². The molecule has 7 heteroatoms. The molecule has 0 spiro atoms. The van der Waals surface area contributed by atoms with Crippen molar-refractivity contribution in [3.8, 4) is 0 Å². The van der Waals surface area contributed by atoms with Crippen LogP contribution in [0.3, 0.4) is 0 Å². The minimum absolute atomic E-state index is 0.0178. The van der Waals surface area contributed by atoms with Crippen LogP contribution in [0, 0.1) is 0 Å². The lowest BCUT2D eigenvalue weighted by atomic mass is 10.3. The van der Waals surface area contributed by atoms with Crippen molar-refractivity contribution in [1.29, 1.82) is 0 Å². The lowest BCUT2D eigenvalue weighted by molar-refractivity contribution is -0.144. The molecule has 0 aliphatic heterocycles. The first-order valence-corrected chi connectivity index (χ1v) is 3.34. The topological polar surface area (TPSA) is 77.8 Å². The number of rotatable bonds is 1. The zero-order valence-electron chi connectivity index (χ0n) is 6.47. The van der Waals surface area contributed by atoms with Crippen LogP contribution in [0.5, 0.6) is 0 Å². The van der Waals surface area contributed by atoms with Crippen molar-refractivity contribution >= 4 is 5.82 Å². The van der Waals surface area contributed by atoms with E-state index in [0.29, 0.717) is 5.56 Å². The van der Waals surface area contributed by atoms with Gasteiger partial charge in [-0.3, -0.25) is 0 Å². The van der Waals surface area contributed by atoms with Crippen LogP contribution in [-0.2, 0) is 12.7 Å². The summed E-state index contributed by atoms with van der Waals surface area (Å²) in [6.45, 7) is 0.0178. The van der Waals surface area contributed by atoms with Gasteiger partial charge < -0.3 is 11.5 Å². The van der Waals surface area contributed by atoms with Gasteiger partial charge in [-0.15, -0.1) is 0 Å². The molecule has 1 aromatic rings. The lowest BCUT2D eigenvalue weighted by Crippen LogP contribution is -2.14. The molecule has 1 heterocycles. The average molecular weight is 192 g/mol. The molecular formula is C6H7F3N4. The van der Waals surface area contributed by atoms with E-state index in [1.165, 1.54) is 0 Å². The molecule has 4 N–H and O–H groups in total. The Labute approximate surface area is 71.8 Å². The number of hydrogen-bond acceptors (Lipinski definition) is 4. The van der Waals surface area contributed by atoms with Crippen molar-refractivity contribution in [3.63, 3.8) is 0 Å². The van der Waals surface area contributed by atoms with Gasteiger partial charge in [0.15, 0.2) is 0 Å². The number of nitrogens with two attached hydrogens (primary N) is 2. The van der Waals surface area contributed by atoms with E-state index < -0.39 is 12.0 Å². The number of hydrogen-bond donors (Lipinski definition) is 2. The van der Waals surface area contributed by atoms with Crippen LogP contribution in [0.25, 0.3) is 0 Å². The molecule has 0 fully saturated rings. The van der Waals surface area contributed by atoms with Crippen LogP contribution in [0.2, 0.25) is 0 Å². The quantitative estimate of drug-likeness (QED) is 0.680. The van der Waals surface area contributed by atoms with Crippen LogP contribution in [-0.4, -0.2) is 9.97 Å². The van der Waals surface area contributed by atoms with Gasteiger partial charge >= 0.3 is 6.18 Å². The molecule has 72 valence electrons. The summed E-state index contributed by atoms with van der Waals surface area (Å²) in [4.78, 5) is 6.16. The van der Waals surface area contributed by atoms with Gasteiger partial charge in [0.1, 0.15) is 5.82 Å². The van der Waals surface area contributed by atoms with Gasteiger partial charge in [0.2, 0.25) is 5.82 Å². The summed E-state index contributed by atoms with van der Waals surface area (Å²) < 4.78 is 36.0. The predicted molar refractivity (Wildman–Crippen MR) is 39.3 cm³/mol. The molecule has 0 aliphatic rings. The molecule has 1 rings (SSSR count). The molecule has 1 aromatic heterocycles. The Morgan fingerprint density at radius 1 is 1.38 bits per heavy atom. The van der Waals surface area contributed by atoms with Crippen molar-refractivity contribution in [2.75, 3.05) is 5.73 Å². The fourth-order valence-corrected chi connectivity index (χ4v) is 0.714. The summed E-state index contributed by atoms with van der Waals surface area (Å²) >= 11 is 0. The third-order valence-electron chi connectivity index (χ3n) is 1.37. The summed E-state index contributed by atoms with van der Waals surface area (Å²) in [5.74, 6) is -1.48. The maximum absolute atomic E-state index is 12.0. The highest BCUT2D eigenvalue weighted by Crippen LogP contribution is 2.26. The third kappa shape index (κ3) is 2.05. The Hall–Kier alpha value is -1.37. The fraction of sp³-hybridized carbons (Fsp3) is 0.333. The average Bonchev–Trinajstić information content (AvgIpc) is 2.02. The van der Waals surface area contributed by atoms with E-state index in [1.807, 2.05) is 0 Å². The maximum Gasteiger partial charge on any atom is 0.451 e. The Kier molecular flexibility index (Phi) is 2.37. The molecule has 0 amide bonds. The Morgan fingerprint density at radius 3 is 2.38 bits per heavy atom. The molecule has 0 radical (unpaired) electrons. The SMILES string of the molecule is NCc1cnc(C(F)(F)F)nc1N. The Balaban J connectivity index is 3.10. The molecule has 0 saturated heterocycles. The van der Waals surface area contributed by atoms with E-state index >= 15 is 0 Å². The molecule has 0 saturated carbocycles. The molecule has 0 unspecified atom stereocenters. The second-order valence-corrected chi connectivity index (χ2v) is 2.31. The van der Waals surface area contributed by atoms with E-state index in [1.54, 1.807) is 0 Å². The number of anilines is 1. The summed E-state index contributed by atoms with van der Waals surface area (Å²) in [5.41, 5.74) is 10.7. The molecule has 0 aliphatic carbocycles. The Morgan fingerprint density at radius 2 is 2.00 bits per heavy atom. The standard InChI is InChI=1S/C6H7F3N4/c7-6(8,9)5-12-2-3(1-10)4(11)13-5/h2H,1,10H2,(H2,11,12,13). The van der Waals surface area contributed by atoms with Crippen LogP contribution < -0.4 is 11.5 Å². The minimum Gasteiger partial charge on any atom is -0.383 e. The highest BCUT2D eigenvalue weighted by atomic mass is 19.4. The highest BCUT2D eigenvalue weighted by molar-refractivity contribution is 5.37. The van der Waals surface area contributed by atoms with Crippen LogP contribution in [0.1, 0.15) is 11.4 Å². The van der Waals surface area contributed by atoms with Gasteiger partial charge in [0.25, 0.3) is 0 Å². The Bertz CT molecular complexity index is 309.